The lowest BCUT2D eigenvalue weighted by atomic mass is 9.96. The lowest BCUT2D eigenvalue weighted by molar-refractivity contribution is -0.135. The van der Waals surface area contributed by atoms with E-state index >= 15 is 0 Å². The van der Waals surface area contributed by atoms with Crippen molar-refractivity contribution in [3.05, 3.63) is 29.8 Å². The summed E-state index contributed by atoms with van der Waals surface area (Å²) in [5.41, 5.74) is 6.49. The largest absolute Gasteiger partial charge is 0.497 e. The van der Waals surface area contributed by atoms with Gasteiger partial charge in [-0.15, -0.1) is 0 Å². The molecule has 132 valence electrons. The van der Waals surface area contributed by atoms with Gasteiger partial charge >= 0.3 is 0 Å². The summed E-state index contributed by atoms with van der Waals surface area (Å²) in [5.74, 6) is 0.792. The van der Waals surface area contributed by atoms with Gasteiger partial charge in [-0.05, 0) is 37.0 Å². The van der Waals surface area contributed by atoms with E-state index in [4.69, 9.17) is 10.5 Å². The Morgan fingerprint density at radius 2 is 2.25 bits per heavy atom. The molecule has 1 unspecified atom stereocenters. The van der Waals surface area contributed by atoms with Gasteiger partial charge in [0.15, 0.2) is 0 Å². The Hall–Kier alpha value is -2.08. The Balaban J connectivity index is 1.84. The molecule has 0 saturated carbocycles. The lowest BCUT2D eigenvalue weighted by Gasteiger charge is -2.32. The number of aryl methyl sites for hydroxylation is 1. The van der Waals surface area contributed by atoms with Gasteiger partial charge in [-0.25, -0.2) is 0 Å². The average Bonchev–Trinajstić information content (AvgIpc) is 2.64. The summed E-state index contributed by atoms with van der Waals surface area (Å²) < 4.78 is 5.20. The molecule has 6 heteroatoms. The zero-order chi connectivity index (χ0) is 17.4. The molecule has 1 aromatic carbocycles. The highest BCUT2D eigenvalue weighted by molar-refractivity contribution is 5.81. The first-order valence-electron chi connectivity index (χ1n) is 8.52. The van der Waals surface area contributed by atoms with Crippen LogP contribution in [0.5, 0.6) is 5.75 Å². The quantitative estimate of drug-likeness (QED) is 0.778. The van der Waals surface area contributed by atoms with E-state index in [2.05, 4.69) is 5.32 Å². The third-order valence-corrected chi connectivity index (χ3v) is 4.35. The van der Waals surface area contributed by atoms with Gasteiger partial charge < -0.3 is 20.7 Å². The number of amides is 2. The van der Waals surface area contributed by atoms with Crippen molar-refractivity contribution in [2.24, 2.45) is 11.7 Å². The molecule has 2 rings (SSSR count). The van der Waals surface area contributed by atoms with Crippen molar-refractivity contribution in [1.82, 2.24) is 10.2 Å². The zero-order valence-electron chi connectivity index (χ0n) is 14.3. The van der Waals surface area contributed by atoms with Gasteiger partial charge in [-0.3, -0.25) is 9.59 Å². The van der Waals surface area contributed by atoms with Crippen LogP contribution in [0.15, 0.2) is 24.3 Å². The fourth-order valence-electron chi connectivity index (χ4n) is 2.99. The predicted molar refractivity (Wildman–Crippen MR) is 92.7 cm³/mol. The minimum atomic E-state index is -0.119. The Kier molecular flexibility index (Phi) is 7.06. The fraction of sp³-hybridized carbons (Fsp3) is 0.556. The van der Waals surface area contributed by atoms with Crippen LogP contribution in [0.4, 0.5) is 0 Å². The minimum absolute atomic E-state index is 0.00532. The molecule has 6 nitrogen and oxygen atoms in total. The third-order valence-electron chi connectivity index (χ3n) is 4.35. The average molecular weight is 333 g/mol. The molecule has 1 atom stereocenters. The van der Waals surface area contributed by atoms with E-state index in [1.807, 2.05) is 29.2 Å². The number of nitrogens with two attached hydrogens (primary N) is 1. The highest BCUT2D eigenvalue weighted by Gasteiger charge is 2.27. The maximum absolute atomic E-state index is 12.5. The van der Waals surface area contributed by atoms with Crippen molar-refractivity contribution in [2.45, 2.75) is 25.7 Å². The Bertz CT molecular complexity index is 562. The molecule has 1 aromatic rings. The molecular weight excluding hydrogens is 306 g/mol. The fourth-order valence-corrected chi connectivity index (χ4v) is 2.99. The molecule has 2 amide bonds. The second kappa shape index (κ2) is 9.27. The minimum Gasteiger partial charge on any atom is -0.497 e. The SMILES string of the molecule is COc1cccc(CCC(=O)N2CCCC(C(=O)NCCN)C2)c1. The van der Waals surface area contributed by atoms with Crippen LogP contribution in [0.1, 0.15) is 24.8 Å². The van der Waals surface area contributed by atoms with Crippen LogP contribution in [-0.2, 0) is 16.0 Å². The normalized spacial score (nSPS) is 17.4. The summed E-state index contributed by atoms with van der Waals surface area (Å²) in [6.45, 7) is 2.16. The second-order valence-corrected chi connectivity index (χ2v) is 6.11. The summed E-state index contributed by atoms with van der Waals surface area (Å²) in [5, 5.41) is 2.82. The number of nitrogens with zero attached hydrogens (tertiary/aromatic N) is 1. The molecule has 0 spiro atoms. The monoisotopic (exact) mass is 333 g/mol. The molecular formula is C18H27N3O3. The number of carbonyl (C=O) groups is 2. The summed E-state index contributed by atoms with van der Waals surface area (Å²) in [6, 6.07) is 7.76. The Morgan fingerprint density at radius 1 is 1.42 bits per heavy atom. The smallest absolute Gasteiger partial charge is 0.224 e. The number of piperidine rings is 1. The Labute approximate surface area is 143 Å². The van der Waals surface area contributed by atoms with Crippen molar-refractivity contribution in [3.8, 4) is 5.75 Å². The highest BCUT2D eigenvalue weighted by Crippen LogP contribution is 2.19. The molecule has 0 aromatic heterocycles. The first-order chi connectivity index (χ1) is 11.6. The van der Waals surface area contributed by atoms with Gasteiger partial charge in [-0.2, -0.15) is 0 Å². The van der Waals surface area contributed by atoms with Crippen LogP contribution >= 0.6 is 0 Å². The van der Waals surface area contributed by atoms with Crippen LogP contribution < -0.4 is 15.8 Å². The number of rotatable bonds is 7. The van der Waals surface area contributed by atoms with Gasteiger partial charge in [0.1, 0.15) is 5.75 Å². The van der Waals surface area contributed by atoms with Crippen molar-refractivity contribution in [3.63, 3.8) is 0 Å². The van der Waals surface area contributed by atoms with E-state index in [-0.39, 0.29) is 17.7 Å². The summed E-state index contributed by atoms with van der Waals surface area (Å²) in [6.07, 6.45) is 2.82. The number of carbonyl (C=O) groups excluding carboxylic acids is 2. The zero-order valence-corrected chi connectivity index (χ0v) is 14.3. The molecule has 1 aliphatic heterocycles. The summed E-state index contributed by atoms with van der Waals surface area (Å²) >= 11 is 0. The van der Waals surface area contributed by atoms with Gasteiger partial charge in [0, 0.05) is 32.6 Å². The lowest BCUT2D eigenvalue weighted by Crippen LogP contribution is -2.46. The maximum atomic E-state index is 12.5. The number of likely N-dealkylation sites (tertiary alicyclic amines) is 1. The predicted octanol–water partition coefficient (Wildman–Crippen LogP) is 0.941. The van der Waals surface area contributed by atoms with Crippen LogP contribution in [0.25, 0.3) is 0 Å². The van der Waals surface area contributed by atoms with Crippen LogP contribution in [-0.4, -0.2) is 50.0 Å². The Morgan fingerprint density at radius 3 is 3.00 bits per heavy atom. The molecule has 0 bridgehead atoms. The first-order valence-corrected chi connectivity index (χ1v) is 8.52. The molecule has 3 N–H and O–H groups in total. The van der Waals surface area contributed by atoms with Gasteiger partial charge in [0.2, 0.25) is 11.8 Å². The van der Waals surface area contributed by atoms with Crippen molar-refractivity contribution < 1.29 is 14.3 Å². The number of methoxy groups -OCH3 is 1. The molecule has 1 heterocycles. The van der Waals surface area contributed by atoms with Crippen LogP contribution in [0.3, 0.4) is 0 Å². The van der Waals surface area contributed by atoms with E-state index in [0.717, 1.165) is 30.7 Å². The number of hydrogen-bond acceptors (Lipinski definition) is 4. The number of nitrogens with one attached hydrogen (secondary N) is 1. The van der Waals surface area contributed by atoms with Crippen LogP contribution in [0, 0.1) is 5.92 Å². The molecule has 1 saturated heterocycles. The van der Waals surface area contributed by atoms with Crippen molar-refractivity contribution in [1.29, 1.82) is 0 Å². The van der Waals surface area contributed by atoms with Gasteiger partial charge in [0.25, 0.3) is 0 Å². The second-order valence-electron chi connectivity index (χ2n) is 6.11. The summed E-state index contributed by atoms with van der Waals surface area (Å²) in [4.78, 5) is 26.3. The number of benzene rings is 1. The number of hydrogen-bond donors (Lipinski definition) is 2. The van der Waals surface area contributed by atoms with Gasteiger partial charge in [-0.1, -0.05) is 12.1 Å². The van der Waals surface area contributed by atoms with Crippen LogP contribution in [0.2, 0.25) is 0 Å². The standard InChI is InChI=1S/C18H27N3O3/c1-24-16-6-2-4-14(12-16)7-8-17(22)21-11-3-5-15(13-21)18(23)20-10-9-19/h2,4,6,12,15H,3,5,7-11,13,19H2,1H3,(H,20,23). The van der Waals surface area contributed by atoms with Crippen molar-refractivity contribution in [2.75, 3.05) is 33.3 Å². The van der Waals surface area contributed by atoms with E-state index in [9.17, 15) is 9.59 Å². The highest BCUT2D eigenvalue weighted by atomic mass is 16.5. The molecule has 0 aliphatic carbocycles. The molecule has 24 heavy (non-hydrogen) atoms. The summed E-state index contributed by atoms with van der Waals surface area (Å²) in [7, 11) is 1.63. The van der Waals surface area contributed by atoms with E-state index in [1.54, 1.807) is 7.11 Å². The maximum Gasteiger partial charge on any atom is 0.224 e. The topological polar surface area (TPSA) is 84.7 Å². The molecule has 1 aliphatic rings. The number of ether oxygens (including phenoxy) is 1. The molecule has 1 fully saturated rings. The van der Waals surface area contributed by atoms with E-state index in [1.165, 1.54) is 0 Å². The third kappa shape index (κ3) is 5.23. The van der Waals surface area contributed by atoms with E-state index in [0.29, 0.717) is 32.5 Å². The first kappa shape index (κ1) is 18.3. The van der Waals surface area contributed by atoms with Gasteiger partial charge in [0.05, 0.1) is 13.0 Å². The van der Waals surface area contributed by atoms with Crippen molar-refractivity contribution >= 4 is 11.8 Å². The van der Waals surface area contributed by atoms with E-state index < -0.39 is 0 Å². The molecule has 0 radical (unpaired) electrons.